The van der Waals surface area contributed by atoms with Crippen molar-refractivity contribution in [3.05, 3.63) is 130 Å². The molecule has 42 heavy (non-hydrogen) atoms. The zero-order valence-corrected chi connectivity index (χ0v) is 24.7. The van der Waals surface area contributed by atoms with Crippen LogP contribution in [0, 0.1) is 6.92 Å². The van der Waals surface area contributed by atoms with Crippen molar-refractivity contribution in [2.75, 3.05) is 33.4 Å². The van der Waals surface area contributed by atoms with E-state index in [0.29, 0.717) is 11.5 Å². The van der Waals surface area contributed by atoms with Crippen molar-refractivity contribution in [2.45, 2.75) is 25.7 Å². The molecule has 0 bridgehead atoms. The van der Waals surface area contributed by atoms with Crippen molar-refractivity contribution < 1.29 is 24.2 Å². The molecule has 0 aliphatic rings. The van der Waals surface area contributed by atoms with Crippen LogP contribution in [-0.2, 0) is 11.2 Å². The predicted molar refractivity (Wildman–Crippen MR) is 166 cm³/mol. The fourth-order valence-electron chi connectivity index (χ4n) is 4.67. The smallest absolute Gasteiger partial charge is 0.335 e. The second-order valence-corrected chi connectivity index (χ2v) is 10.9. The summed E-state index contributed by atoms with van der Waals surface area (Å²) in [5.41, 5.74) is 5.17. The number of carbonyl (C=O) groups is 2. The second-order valence-electron chi connectivity index (χ2n) is 10.5. The van der Waals surface area contributed by atoms with Crippen LogP contribution in [0.5, 0.6) is 11.5 Å². The number of carboxylic acids is 1. The number of ether oxygens (including phenoxy) is 2. The molecular formula is C35H36ClNO5. The Bertz CT molecular complexity index is 1390. The van der Waals surface area contributed by atoms with Gasteiger partial charge in [-0.25, -0.2) is 4.79 Å². The van der Waals surface area contributed by atoms with Crippen molar-refractivity contribution in [3.63, 3.8) is 0 Å². The van der Waals surface area contributed by atoms with Gasteiger partial charge in [-0.2, -0.15) is 0 Å². The Kier molecular flexibility index (Phi) is 11.2. The van der Waals surface area contributed by atoms with Gasteiger partial charge in [0.2, 0.25) is 5.78 Å². The number of Topliss-reactive ketones (excluding diaryl/α,β-unsaturated/α-hetero) is 1. The highest BCUT2D eigenvalue weighted by Gasteiger charge is 2.17. The predicted octanol–water partition coefficient (Wildman–Crippen LogP) is 7.07. The summed E-state index contributed by atoms with van der Waals surface area (Å²) < 4.78 is 11.0. The summed E-state index contributed by atoms with van der Waals surface area (Å²) in [6.07, 6.45) is 1.95. The average Bonchev–Trinajstić information content (AvgIpc) is 2.99. The third kappa shape index (κ3) is 9.47. The van der Waals surface area contributed by atoms with Crippen molar-refractivity contribution in [2.24, 2.45) is 0 Å². The molecule has 0 saturated heterocycles. The summed E-state index contributed by atoms with van der Waals surface area (Å²) in [5, 5.41) is 9.69. The van der Waals surface area contributed by atoms with E-state index in [1.807, 2.05) is 36.4 Å². The highest BCUT2D eigenvalue weighted by molar-refractivity contribution is 6.30. The SMILES string of the molecule is Cc1ccc(C(CN(C)CCCc2ccc(OCC(=O)COc3ccc(C(=O)O)cc3)cc2)c2ccc(Cl)cc2)cc1. The minimum absolute atomic E-state index is 0.104. The number of carboxylic acid groups (broad SMARTS) is 1. The molecule has 4 aromatic rings. The molecule has 6 nitrogen and oxygen atoms in total. The fourth-order valence-corrected chi connectivity index (χ4v) is 4.79. The normalized spacial score (nSPS) is 11.7. The van der Waals surface area contributed by atoms with Crippen molar-refractivity contribution in [1.82, 2.24) is 4.90 Å². The van der Waals surface area contributed by atoms with Gasteiger partial charge in [0.05, 0.1) is 5.56 Å². The van der Waals surface area contributed by atoms with Gasteiger partial charge in [0, 0.05) is 17.5 Å². The lowest BCUT2D eigenvalue weighted by Crippen LogP contribution is -2.26. The summed E-state index contributed by atoms with van der Waals surface area (Å²) in [6, 6.07) is 30.7. The first-order valence-electron chi connectivity index (χ1n) is 14.0. The van der Waals surface area contributed by atoms with Crippen LogP contribution in [-0.4, -0.2) is 55.1 Å². The molecule has 0 fully saturated rings. The molecule has 0 aliphatic carbocycles. The Labute approximate surface area is 252 Å². The molecule has 1 atom stereocenters. The van der Waals surface area contributed by atoms with E-state index in [2.05, 4.69) is 55.3 Å². The maximum Gasteiger partial charge on any atom is 0.335 e. The number of nitrogens with zero attached hydrogens (tertiary/aromatic N) is 1. The van der Waals surface area contributed by atoms with Crippen LogP contribution < -0.4 is 9.47 Å². The molecule has 1 unspecified atom stereocenters. The van der Waals surface area contributed by atoms with Gasteiger partial charge < -0.3 is 19.5 Å². The molecule has 0 radical (unpaired) electrons. The molecular weight excluding hydrogens is 550 g/mol. The van der Waals surface area contributed by atoms with Crippen LogP contribution in [0.15, 0.2) is 97.1 Å². The zero-order chi connectivity index (χ0) is 29.9. The van der Waals surface area contributed by atoms with Crippen LogP contribution in [0.25, 0.3) is 0 Å². The lowest BCUT2D eigenvalue weighted by atomic mass is 9.90. The van der Waals surface area contributed by atoms with Crippen LogP contribution in [0.4, 0.5) is 0 Å². The Morgan fingerprint density at radius 1 is 0.786 bits per heavy atom. The standard InChI is InChI=1S/C35H36ClNO5/c1-25-5-9-27(10-6-25)34(28-11-15-30(36)16-12-28)22-37(2)21-3-4-26-7-17-32(18-8-26)41-23-31(38)24-42-33-19-13-29(14-20-33)35(39)40/h5-20,34H,3-4,21-24H2,1-2H3,(H,39,40). The number of hydrogen-bond donors (Lipinski definition) is 1. The number of likely N-dealkylation sites (N-methyl/N-ethyl adjacent to an activating group) is 1. The molecule has 0 amide bonds. The minimum Gasteiger partial charge on any atom is -0.486 e. The highest BCUT2D eigenvalue weighted by Crippen LogP contribution is 2.27. The van der Waals surface area contributed by atoms with Gasteiger partial charge in [0.1, 0.15) is 24.7 Å². The Hall–Kier alpha value is -4.13. The molecule has 4 aromatic carbocycles. The van der Waals surface area contributed by atoms with Gasteiger partial charge in [-0.3, -0.25) is 4.79 Å². The van der Waals surface area contributed by atoms with Crippen molar-refractivity contribution in [1.29, 1.82) is 0 Å². The van der Waals surface area contributed by atoms with E-state index in [1.165, 1.54) is 46.5 Å². The van der Waals surface area contributed by atoms with E-state index in [9.17, 15) is 9.59 Å². The maximum atomic E-state index is 12.2. The van der Waals surface area contributed by atoms with E-state index in [0.717, 1.165) is 31.0 Å². The molecule has 4 rings (SSSR count). The monoisotopic (exact) mass is 585 g/mol. The lowest BCUT2D eigenvalue weighted by molar-refractivity contribution is -0.123. The topological polar surface area (TPSA) is 76.1 Å². The first-order chi connectivity index (χ1) is 20.3. The molecule has 0 aromatic heterocycles. The van der Waals surface area contributed by atoms with E-state index < -0.39 is 5.97 Å². The van der Waals surface area contributed by atoms with Crippen LogP contribution in [0.2, 0.25) is 5.02 Å². The van der Waals surface area contributed by atoms with Gasteiger partial charge >= 0.3 is 5.97 Å². The highest BCUT2D eigenvalue weighted by atomic mass is 35.5. The van der Waals surface area contributed by atoms with Crippen LogP contribution >= 0.6 is 11.6 Å². The zero-order valence-electron chi connectivity index (χ0n) is 24.0. The molecule has 0 heterocycles. The summed E-state index contributed by atoms with van der Waals surface area (Å²) in [6.45, 7) is 3.72. The quantitative estimate of drug-likeness (QED) is 0.161. The Morgan fingerprint density at radius 3 is 1.86 bits per heavy atom. The first-order valence-corrected chi connectivity index (χ1v) is 14.3. The number of aryl methyl sites for hydroxylation is 2. The van der Waals surface area contributed by atoms with Crippen molar-refractivity contribution in [3.8, 4) is 11.5 Å². The number of ketones is 1. The maximum absolute atomic E-state index is 12.2. The van der Waals surface area contributed by atoms with Gasteiger partial charge in [0.15, 0.2) is 0 Å². The van der Waals surface area contributed by atoms with Gasteiger partial charge in [-0.1, -0.05) is 65.7 Å². The molecule has 218 valence electrons. The third-order valence-corrected chi connectivity index (χ3v) is 7.33. The van der Waals surface area contributed by atoms with Gasteiger partial charge in [-0.15, -0.1) is 0 Å². The third-order valence-electron chi connectivity index (χ3n) is 7.08. The molecule has 0 saturated carbocycles. The van der Waals surface area contributed by atoms with Gasteiger partial charge in [-0.05, 0) is 98.6 Å². The first kappa shape index (κ1) is 30.8. The van der Waals surface area contributed by atoms with E-state index >= 15 is 0 Å². The minimum atomic E-state index is -1.01. The van der Waals surface area contributed by atoms with Gasteiger partial charge in [0.25, 0.3) is 0 Å². The van der Waals surface area contributed by atoms with E-state index in [4.69, 9.17) is 26.2 Å². The summed E-state index contributed by atoms with van der Waals surface area (Å²) in [5.74, 6) is 0.0847. The molecule has 0 spiro atoms. The average molecular weight is 586 g/mol. The summed E-state index contributed by atoms with van der Waals surface area (Å²) in [4.78, 5) is 25.5. The lowest BCUT2D eigenvalue weighted by Gasteiger charge is -2.25. The molecule has 0 aliphatic heterocycles. The summed E-state index contributed by atoms with van der Waals surface area (Å²) in [7, 11) is 2.17. The molecule has 1 N–H and O–H groups in total. The largest absolute Gasteiger partial charge is 0.486 e. The number of aromatic carboxylic acids is 1. The van der Waals surface area contributed by atoms with E-state index in [-0.39, 0.29) is 30.5 Å². The van der Waals surface area contributed by atoms with Crippen LogP contribution in [0.3, 0.4) is 0 Å². The number of hydrogen-bond acceptors (Lipinski definition) is 5. The second kappa shape index (κ2) is 15.2. The fraction of sp³-hybridized carbons (Fsp3) is 0.257. The number of carbonyl (C=O) groups excluding carboxylic acids is 1. The summed E-state index contributed by atoms with van der Waals surface area (Å²) >= 11 is 6.15. The van der Waals surface area contributed by atoms with Crippen molar-refractivity contribution >= 4 is 23.4 Å². The molecule has 7 heteroatoms. The number of benzene rings is 4. The Balaban J connectivity index is 1.20. The van der Waals surface area contributed by atoms with Crippen LogP contribution in [0.1, 0.15) is 45.0 Å². The number of halogens is 1. The number of rotatable bonds is 15. The van der Waals surface area contributed by atoms with E-state index in [1.54, 1.807) is 0 Å². The Morgan fingerprint density at radius 2 is 1.31 bits per heavy atom.